The first kappa shape index (κ1) is 9.88. The summed E-state index contributed by atoms with van der Waals surface area (Å²) in [6.45, 7) is 0.762. The zero-order valence-electron chi connectivity index (χ0n) is 7.61. The summed E-state index contributed by atoms with van der Waals surface area (Å²) in [5, 5.41) is 0. The highest BCUT2D eigenvalue weighted by atomic mass is 32.2. The molecule has 14 heavy (non-hydrogen) atoms. The van der Waals surface area contributed by atoms with Gasteiger partial charge in [-0.3, -0.25) is 0 Å². The Morgan fingerprint density at radius 1 is 1.57 bits per heavy atom. The van der Waals surface area contributed by atoms with Crippen LogP contribution in [0.3, 0.4) is 0 Å². The van der Waals surface area contributed by atoms with Crippen LogP contribution in [0.1, 0.15) is 11.5 Å². The zero-order chi connectivity index (χ0) is 10.3. The fourth-order valence-corrected chi connectivity index (χ4v) is 2.48. The Bertz CT molecular complexity index is 499. The third-order valence-electron chi connectivity index (χ3n) is 2.21. The predicted octanol–water partition coefficient (Wildman–Crippen LogP) is 0.655. The molecule has 0 radical (unpaired) electrons. The van der Waals surface area contributed by atoms with Crippen LogP contribution >= 0.6 is 12.2 Å². The van der Waals surface area contributed by atoms with E-state index in [-0.39, 0.29) is 6.54 Å². The van der Waals surface area contributed by atoms with Gasteiger partial charge in [-0.15, -0.1) is 0 Å². The van der Waals surface area contributed by atoms with Crippen LogP contribution < -0.4 is 0 Å². The van der Waals surface area contributed by atoms with Crippen molar-refractivity contribution in [2.75, 3.05) is 12.8 Å². The molecule has 0 atom stereocenters. The first-order valence-corrected chi connectivity index (χ1v) is 6.38. The SMILES string of the molecule is CS(=O)(=O)N1CCc2[nH]c(=S)oc2C1. The van der Waals surface area contributed by atoms with Crippen molar-refractivity contribution in [1.29, 1.82) is 0 Å². The van der Waals surface area contributed by atoms with Crippen molar-refractivity contribution in [3.05, 3.63) is 16.3 Å². The van der Waals surface area contributed by atoms with Crippen molar-refractivity contribution >= 4 is 22.2 Å². The molecule has 0 saturated heterocycles. The van der Waals surface area contributed by atoms with Gasteiger partial charge in [-0.1, -0.05) is 0 Å². The maximum atomic E-state index is 11.3. The highest BCUT2D eigenvalue weighted by Crippen LogP contribution is 2.19. The quantitative estimate of drug-likeness (QED) is 0.725. The number of hydrogen-bond acceptors (Lipinski definition) is 4. The van der Waals surface area contributed by atoms with Gasteiger partial charge in [0, 0.05) is 13.0 Å². The Morgan fingerprint density at radius 2 is 2.29 bits per heavy atom. The molecular formula is C7H10N2O3S2. The number of hydrogen-bond donors (Lipinski definition) is 1. The molecule has 2 heterocycles. The lowest BCUT2D eigenvalue weighted by Gasteiger charge is -2.22. The van der Waals surface area contributed by atoms with Gasteiger partial charge in [-0.05, 0) is 12.2 Å². The number of nitrogens with zero attached hydrogens (tertiary/aromatic N) is 1. The van der Waals surface area contributed by atoms with Gasteiger partial charge in [-0.25, -0.2) is 8.42 Å². The van der Waals surface area contributed by atoms with Gasteiger partial charge in [0.1, 0.15) is 5.76 Å². The van der Waals surface area contributed by atoms with Crippen LogP contribution in [0.5, 0.6) is 0 Å². The van der Waals surface area contributed by atoms with Gasteiger partial charge in [0.2, 0.25) is 10.0 Å². The van der Waals surface area contributed by atoms with E-state index in [0.717, 1.165) is 5.69 Å². The largest absolute Gasteiger partial charge is 0.433 e. The van der Waals surface area contributed by atoms with Crippen molar-refractivity contribution in [1.82, 2.24) is 9.29 Å². The molecule has 0 aromatic carbocycles. The van der Waals surface area contributed by atoms with Gasteiger partial charge in [0.15, 0.2) is 0 Å². The maximum absolute atomic E-state index is 11.3. The average molecular weight is 234 g/mol. The molecule has 1 aromatic rings. The molecule has 1 aromatic heterocycles. The van der Waals surface area contributed by atoms with Crippen LogP contribution in [0, 0.1) is 4.84 Å². The summed E-state index contributed by atoms with van der Waals surface area (Å²) in [6, 6.07) is 0. The molecule has 7 heteroatoms. The molecule has 0 spiro atoms. The van der Waals surface area contributed by atoms with Gasteiger partial charge < -0.3 is 9.40 Å². The van der Waals surface area contributed by atoms with Crippen LogP contribution in [0.2, 0.25) is 0 Å². The van der Waals surface area contributed by atoms with E-state index in [4.69, 9.17) is 16.6 Å². The number of H-pyrrole nitrogens is 1. The summed E-state index contributed by atoms with van der Waals surface area (Å²) < 4.78 is 29.1. The van der Waals surface area contributed by atoms with Crippen LogP contribution in [-0.4, -0.2) is 30.5 Å². The number of aromatic nitrogens is 1. The molecule has 1 aliphatic rings. The molecule has 1 N–H and O–H groups in total. The average Bonchev–Trinajstić information content (AvgIpc) is 2.41. The molecule has 0 unspecified atom stereocenters. The summed E-state index contributed by atoms with van der Waals surface area (Å²) in [4.78, 5) is 3.21. The molecule has 5 nitrogen and oxygen atoms in total. The van der Waals surface area contributed by atoms with Crippen LogP contribution in [0.15, 0.2) is 4.42 Å². The Morgan fingerprint density at radius 3 is 2.93 bits per heavy atom. The van der Waals surface area contributed by atoms with E-state index < -0.39 is 10.0 Å². The standard InChI is InChI=1S/C7H10N2O3S2/c1-14(10,11)9-3-2-5-6(4-9)12-7(13)8-5/h2-4H2,1H3,(H,8,13). The minimum Gasteiger partial charge on any atom is -0.433 e. The fraction of sp³-hybridized carbons (Fsp3) is 0.571. The minimum atomic E-state index is -3.13. The van der Waals surface area contributed by atoms with Crippen molar-refractivity contribution < 1.29 is 12.8 Å². The Labute approximate surface area is 86.8 Å². The van der Waals surface area contributed by atoms with E-state index in [1.807, 2.05) is 0 Å². The third-order valence-corrected chi connectivity index (χ3v) is 3.64. The highest BCUT2D eigenvalue weighted by molar-refractivity contribution is 7.88. The van der Waals surface area contributed by atoms with Crippen molar-refractivity contribution in [3.8, 4) is 0 Å². The molecular weight excluding hydrogens is 224 g/mol. The highest BCUT2D eigenvalue weighted by Gasteiger charge is 2.25. The molecule has 0 amide bonds. The predicted molar refractivity (Wildman–Crippen MR) is 52.9 cm³/mol. The molecule has 0 fully saturated rings. The third kappa shape index (κ3) is 1.75. The summed E-state index contributed by atoms with van der Waals surface area (Å²) in [7, 11) is -3.13. The normalized spacial score (nSPS) is 18.1. The zero-order valence-corrected chi connectivity index (χ0v) is 9.24. The van der Waals surface area contributed by atoms with Crippen LogP contribution in [0.4, 0.5) is 0 Å². The second-order valence-corrected chi connectivity index (χ2v) is 5.62. The monoisotopic (exact) mass is 234 g/mol. The van der Waals surface area contributed by atoms with E-state index in [0.29, 0.717) is 23.6 Å². The minimum absolute atomic E-state index is 0.279. The molecule has 78 valence electrons. The van der Waals surface area contributed by atoms with E-state index in [1.165, 1.54) is 10.6 Å². The molecule has 0 bridgehead atoms. The lowest BCUT2D eigenvalue weighted by Crippen LogP contribution is -2.34. The number of fused-ring (bicyclic) bond motifs is 1. The van der Waals surface area contributed by atoms with Gasteiger partial charge in [0.05, 0.1) is 18.5 Å². The molecule has 1 aliphatic heterocycles. The second-order valence-electron chi connectivity index (χ2n) is 3.26. The summed E-state index contributed by atoms with van der Waals surface area (Å²) >= 11 is 4.82. The lowest BCUT2D eigenvalue weighted by molar-refractivity contribution is 0.343. The van der Waals surface area contributed by atoms with E-state index in [9.17, 15) is 8.42 Å². The molecule has 0 aliphatic carbocycles. The van der Waals surface area contributed by atoms with Crippen LogP contribution in [0.25, 0.3) is 0 Å². The second kappa shape index (κ2) is 3.18. The van der Waals surface area contributed by atoms with Crippen molar-refractivity contribution in [3.63, 3.8) is 0 Å². The van der Waals surface area contributed by atoms with E-state index >= 15 is 0 Å². The number of nitrogens with one attached hydrogen (secondary N) is 1. The number of oxazole rings is 1. The van der Waals surface area contributed by atoms with Gasteiger partial charge >= 0.3 is 0 Å². The number of sulfonamides is 1. The topological polar surface area (TPSA) is 66.3 Å². The van der Waals surface area contributed by atoms with Crippen molar-refractivity contribution in [2.45, 2.75) is 13.0 Å². The molecule has 0 saturated carbocycles. The Hall–Kier alpha value is -0.660. The lowest BCUT2D eigenvalue weighted by atomic mass is 10.2. The van der Waals surface area contributed by atoms with Crippen LogP contribution in [-0.2, 0) is 23.0 Å². The summed E-state index contributed by atoms with van der Waals surface area (Å²) in [5.41, 5.74) is 0.912. The number of aromatic amines is 1. The van der Waals surface area contributed by atoms with Gasteiger partial charge in [-0.2, -0.15) is 4.31 Å². The summed E-state index contributed by atoms with van der Waals surface area (Å²) in [5.74, 6) is 0.631. The van der Waals surface area contributed by atoms with E-state index in [2.05, 4.69) is 4.98 Å². The van der Waals surface area contributed by atoms with Crippen molar-refractivity contribution in [2.24, 2.45) is 0 Å². The van der Waals surface area contributed by atoms with Gasteiger partial charge in [0.25, 0.3) is 4.84 Å². The smallest absolute Gasteiger partial charge is 0.266 e. The maximum Gasteiger partial charge on any atom is 0.266 e. The fourth-order valence-electron chi connectivity index (χ4n) is 1.48. The first-order chi connectivity index (χ1) is 6.47. The number of rotatable bonds is 1. The molecule has 2 rings (SSSR count). The van der Waals surface area contributed by atoms with E-state index in [1.54, 1.807) is 0 Å². The first-order valence-electron chi connectivity index (χ1n) is 4.13. The summed E-state index contributed by atoms with van der Waals surface area (Å²) in [6.07, 6.45) is 1.82. The Balaban J connectivity index is 2.34. The Kier molecular flexibility index (Phi) is 2.24.